The highest BCUT2D eigenvalue weighted by molar-refractivity contribution is 5.99. The van der Waals surface area contributed by atoms with Gasteiger partial charge in [0.1, 0.15) is 11.6 Å². The van der Waals surface area contributed by atoms with Crippen molar-refractivity contribution in [1.82, 2.24) is 4.90 Å². The zero-order valence-corrected chi connectivity index (χ0v) is 15.9. The zero-order valence-electron chi connectivity index (χ0n) is 15.9. The van der Waals surface area contributed by atoms with E-state index in [1.54, 1.807) is 37.4 Å². The van der Waals surface area contributed by atoms with Gasteiger partial charge in [0.05, 0.1) is 13.7 Å². The maximum Gasteiger partial charge on any atom is 0.224 e. The van der Waals surface area contributed by atoms with Crippen LogP contribution in [0.4, 0.5) is 10.1 Å². The van der Waals surface area contributed by atoms with Gasteiger partial charge in [-0.1, -0.05) is 12.1 Å². The Morgan fingerprint density at radius 2 is 2.04 bits per heavy atom. The van der Waals surface area contributed by atoms with Gasteiger partial charge in [-0.15, -0.1) is 0 Å². The van der Waals surface area contributed by atoms with Gasteiger partial charge in [0, 0.05) is 36.8 Å². The number of halogens is 1. The first-order valence-electron chi connectivity index (χ1n) is 9.55. The van der Waals surface area contributed by atoms with E-state index in [2.05, 4.69) is 0 Å². The fourth-order valence-corrected chi connectivity index (χ4v) is 3.70. The van der Waals surface area contributed by atoms with E-state index in [0.717, 1.165) is 24.1 Å². The van der Waals surface area contributed by atoms with Crippen LogP contribution in [0, 0.1) is 5.82 Å². The molecule has 2 aliphatic rings. The Balaban J connectivity index is 1.62. The van der Waals surface area contributed by atoms with Crippen LogP contribution in [0.2, 0.25) is 0 Å². The fraction of sp³-hybridized carbons (Fsp3) is 0.364. The van der Waals surface area contributed by atoms with Crippen molar-refractivity contribution < 1.29 is 18.7 Å². The summed E-state index contributed by atoms with van der Waals surface area (Å²) in [6.07, 6.45) is 2.36. The van der Waals surface area contributed by atoms with Gasteiger partial charge < -0.3 is 14.5 Å². The van der Waals surface area contributed by atoms with Crippen molar-refractivity contribution in [3.63, 3.8) is 0 Å². The summed E-state index contributed by atoms with van der Waals surface area (Å²) in [5, 5.41) is 0. The van der Waals surface area contributed by atoms with Crippen molar-refractivity contribution in [2.24, 2.45) is 0 Å². The highest BCUT2D eigenvalue weighted by Gasteiger charge is 2.34. The monoisotopic (exact) mass is 382 g/mol. The topological polar surface area (TPSA) is 49.9 Å². The first kappa shape index (κ1) is 18.5. The molecule has 28 heavy (non-hydrogen) atoms. The Morgan fingerprint density at radius 1 is 1.21 bits per heavy atom. The molecule has 1 aliphatic carbocycles. The number of hydrogen-bond acceptors (Lipinski definition) is 4. The lowest BCUT2D eigenvalue weighted by Crippen LogP contribution is -2.40. The van der Waals surface area contributed by atoms with Gasteiger partial charge in [0.15, 0.2) is 5.78 Å². The molecule has 1 saturated carbocycles. The first-order chi connectivity index (χ1) is 13.5. The summed E-state index contributed by atoms with van der Waals surface area (Å²) >= 11 is 0. The van der Waals surface area contributed by atoms with Gasteiger partial charge in [0.2, 0.25) is 5.91 Å². The number of ketones is 1. The lowest BCUT2D eigenvalue weighted by molar-refractivity contribution is -0.132. The van der Waals surface area contributed by atoms with Crippen molar-refractivity contribution in [3.05, 3.63) is 59.4 Å². The van der Waals surface area contributed by atoms with Gasteiger partial charge in [-0.2, -0.15) is 0 Å². The molecule has 0 saturated heterocycles. The molecule has 1 fully saturated rings. The third kappa shape index (κ3) is 3.86. The van der Waals surface area contributed by atoms with Crippen LogP contribution in [0.5, 0.6) is 5.75 Å². The third-order valence-corrected chi connectivity index (χ3v) is 5.35. The molecule has 0 unspecified atom stereocenters. The minimum Gasteiger partial charge on any atom is -0.497 e. The lowest BCUT2D eigenvalue weighted by Gasteiger charge is -2.33. The summed E-state index contributed by atoms with van der Waals surface area (Å²) in [6.45, 7) is 0.944. The Bertz CT molecular complexity index is 910. The molecule has 0 atom stereocenters. The molecule has 2 aromatic rings. The van der Waals surface area contributed by atoms with E-state index in [-0.39, 0.29) is 30.1 Å². The van der Waals surface area contributed by atoms with Crippen LogP contribution in [0.3, 0.4) is 0 Å². The molecular formula is C22H23FN2O3. The molecule has 146 valence electrons. The van der Waals surface area contributed by atoms with E-state index in [1.807, 2.05) is 9.80 Å². The largest absolute Gasteiger partial charge is 0.497 e. The van der Waals surface area contributed by atoms with Crippen molar-refractivity contribution in [2.45, 2.75) is 31.8 Å². The number of rotatable bonds is 5. The Labute approximate surface area is 163 Å². The van der Waals surface area contributed by atoms with Crippen LogP contribution >= 0.6 is 0 Å². The molecule has 1 heterocycles. The number of carbonyl (C=O) groups excluding carboxylic acids is 2. The van der Waals surface area contributed by atoms with E-state index in [9.17, 15) is 14.0 Å². The van der Waals surface area contributed by atoms with Crippen LogP contribution in [-0.2, 0) is 11.3 Å². The van der Waals surface area contributed by atoms with Gasteiger partial charge in [0.25, 0.3) is 0 Å². The second-order valence-electron chi connectivity index (χ2n) is 7.35. The quantitative estimate of drug-likeness (QED) is 0.744. The average molecular weight is 382 g/mol. The minimum atomic E-state index is -0.332. The predicted molar refractivity (Wildman–Crippen MR) is 104 cm³/mol. The van der Waals surface area contributed by atoms with Gasteiger partial charge >= 0.3 is 0 Å². The average Bonchev–Trinajstić information content (AvgIpc) is 3.53. The van der Waals surface area contributed by atoms with Crippen LogP contribution < -0.4 is 9.64 Å². The van der Waals surface area contributed by atoms with E-state index in [4.69, 9.17) is 4.74 Å². The SMILES string of the molecule is COc1cccc(C(=O)CN2CCC(=O)N(C3CC3)Cc3cc(F)ccc32)c1. The number of benzene rings is 2. The summed E-state index contributed by atoms with van der Waals surface area (Å²) in [4.78, 5) is 29.2. The number of Topliss-reactive ketones (excluding diaryl/α,β-unsaturated/α-hetero) is 1. The third-order valence-electron chi connectivity index (χ3n) is 5.35. The van der Waals surface area contributed by atoms with Crippen LogP contribution in [0.25, 0.3) is 0 Å². The van der Waals surface area contributed by atoms with Crippen LogP contribution in [0.1, 0.15) is 35.2 Å². The molecule has 1 amide bonds. The summed E-state index contributed by atoms with van der Waals surface area (Å²) in [7, 11) is 1.56. The molecule has 6 heteroatoms. The van der Waals surface area contributed by atoms with Gasteiger partial charge in [-0.25, -0.2) is 4.39 Å². The van der Waals surface area contributed by atoms with E-state index in [0.29, 0.717) is 30.8 Å². The van der Waals surface area contributed by atoms with Crippen LogP contribution in [-0.4, -0.2) is 42.8 Å². The molecule has 0 spiro atoms. The molecule has 1 aliphatic heterocycles. The molecule has 5 nitrogen and oxygen atoms in total. The lowest BCUT2D eigenvalue weighted by atomic mass is 10.1. The maximum atomic E-state index is 13.9. The number of hydrogen-bond donors (Lipinski definition) is 0. The molecule has 0 aromatic heterocycles. The number of fused-ring (bicyclic) bond motifs is 1. The van der Waals surface area contributed by atoms with Crippen molar-refractivity contribution in [3.8, 4) is 5.75 Å². The van der Waals surface area contributed by atoms with Gasteiger partial charge in [-0.05, 0) is 48.7 Å². The smallest absolute Gasteiger partial charge is 0.224 e. The maximum absolute atomic E-state index is 13.9. The Hall–Kier alpha value is -2.89. The number of ether oxygens (including phenoxy) is 1. The van der Waals surface area contributed by atoms with Gasteiger partial charge in [-0.3, -0.25) is 9.59 Å². The predicted octanol–water partition coefficient (Wildman–Crippen LogP) is 3.42. The zero-order chi connectivity index (χ0) is 19.7. The number of amides is 1. The van der Waals surface area contributed by atoms with Crippen molar-refractivity contribution in [2.75, 3.05) is 25.1 Å². The second-order valence-corrected chi connectivity index (χ2v) is 7.35. The normalized spacial score (nSPS) is 17.0. The van der Waals surface area contributed by atoms with Crippen molar-refractivity contribution >= 4 is 17.4 Å². The van der Waals surface area contributed by atoms with E-state index >= 15 is 0 Å². The van der Waals surface area contributed by atoms with E-state index < -0.39 is 0 Å². The van der Waals surface area contributed by atoms with Crippen molar-refractivity contribution in [1.29, 1.82) is 0 Å². The molecule has 4 rings (SSSR count). The molecule has 0 radical (unpaired) electrons. The molecular weight excluding hydrogens is 359 g/mol. The minimum absolute atomic E-state index is 0.0660. The molecule has 0 N–H and O–H groups in total. The number of anilines is 1. The standard InChI is InChI=1S/C22H23FN2O3/c1-28-19-4-2-3-15(12-19)21(26)14-24-10-9-22(27)25(18-6-7-18)13-16-11-17(23)5-8-20(16)24/h2-5,8,11-12,18H,6-7,9-10,13-14H2,1H3. The Kier molecular flexibility index (Phi) is 5.03. The molecule has 2 aromatic carbocycles. The Morgan fingerprint density at radius 3 is 2.79 bits per heavy atom. The number of methoxy groups -OCH3 is 1. The number of nitrogens with zero attached hydrogens (tertiary/aromatic N) is 2. The second kappa shape index (κ2) is 7.62. The first-order valence-corrected chi connectivity index (χ1v) is 9.55. The summed E-state index contributed by atoms with van der Waals surface area (Å²) in [5.41, 5.74) is 2.12. The fourth-order valence-electron chi connectivity index (χ4n) is 3.70. The summed E-state index contributed by atoms with van der Waals surface area (Å²) < 4.78 is 19.1. The summed E-state index contributed by atoms with van der Waals surface area (Å²) in [5.74, 6) is 0.287. The molecule has 0 bridgehead atoms. The summed E-state index contributed by atoms with van der Waals surface area (Å²) in [6, 6.07) is 11.9. The highest BCUT2D eigenvalue weighted by atomic mass is 19.1. The van der Waals surface area contributed by atoms with Crippen LogP contribution in [0.15, 0.2) is 42.5 Å². The van der Waals surface area contributed by atoms with E-state index in [1.165, 1.54) is 12.1 Å². The highest BCUT2D eigenvalue weighted by Crippen LogP contribution is 2.33. The number of carbonyl (C=O) groups is 2.